The molecule has 0 aromatic heterocycles. The van der Waals surface area contributed by atoms with E-state index in [-0.39, 0.29) is 25.2 Å². The van der Waals surface area contributed by atoms with Crippen molar-refractivity contribution in [2.24, 2.45) is 0 Å². The molecule has 7 nitrogen and oxygen atoms in total. The minimum Gasteiger partial charge on any atom is -0.480 e. The van der Waals surface area contributed by atoms with Crippen LogP contribution < -0.4 is 10.2 Å². The molecule has 0 heterocycles. The van der Waals surface area contributed by atoms with E-state index in [1.807, 2.05) is 56.3 Å². The fourth-order valence-electron chi connectivity index (χ4n) is 2.82. The summed E-state index contributed by atoms with van der Waals surface area (Å²) >= 11 is 0. The van der Waals surface area contributed by atoms with Crippen LogP contribution in [0.3, 0.4) is 0 Å². The van der Waals surface area contributed by atoms with Gasteiger partial charge in [-0.25, -0.2) is 9.59 Å². The Morgan fingerprint density at radius 1 is 1.10 bits per heavy atom. The van der Waals surface area contributed by atoms with Crippen LogP contribution in [0.5, 0.6) is 0 Å². The highest BCUT2D eigenvalue weighted by molar-refractivity contribution is 6.01. The molecule has 0 aliphatic rings. The number of nitrogens with zero attached hydrogens (tertiary/aromatic N) is 1. The van der Waals surface area contributed by atoms with Crippen LogP contribution in [0.15, 0.2) is 48.5 Å². The summed E-state index contributed by atoms with van der Waals surface area (Å²) in [5.74, 6) is -1.40. The Kier molecular flexibility index (Phi) is 7.77. The van der Waals surface area contributed by atoms with Crippen molar-refractivity contribution in [2.75, 3.05) is 19.0 Å². The summed E-state index contributed by atoms with van der Waals surface area (Å²) in [4.78, 5) is 37.9. The summed E-state index contributed by atoms with van der Waals surface area (Å²) in [6.07, 6.45) is -0.882. The molecule has 0 spiro atoms. The van der Waals surface area contributed by atoms with Crippen molar-refractivity contribution >= 4 is 23.5 Å². The molecule has 7 heteroatoms. The van der Waals surface area contributed by atoms with Crippen LogP contribution in [0.1, 0.15) is 34.3 Å². The van der Waals surface area contributed by atoms with E-state index >= 15 is 0 Å². The van der Waals surface area contributed by atoms with E-state index < -0.39 is 18.1 Å². The number of rotatable bonds is 9. The van der Waals surface area contributed by atoms with Crippen molar-refractivity contribution in [3.05, 3.63) is 65.2 Å². The molecule has 154 valence electrons. The molecule has 1 amide bonds. The third kappa shape index (κ3) is 6.64. The van der Waals surface area contributed by atoms with Crippen LogP contribution in [-0.2, 0) is 16.1 Å². The van der Waals surface area contributed by atoms with E-state index in [0.29, 0.717) is 5.56 Å². The highest BCUT2D eigenvalue weighted by Gasteiger charge is 2.23. The van der Waals surface area contributed by atoms with Crippen LogP contribution in [0.2, 0.25) is 0 Å². The molecule has 0 saturated heterocycles. The third-order valence-corrected chi connectivity index (χ3v) is 4.40. The average Bonchev–Trinajstić information content (AvgIpc) is 2.69. The number of carbonyl (C=O) groups is 3. The van der Waals surface area contributed by atoms with Crippen molar-refractivity contribution in [3.8, 4) is 0 Å². The zero-order valence-electron chi connectivity index (χ0n) is 16.8. The Hall–Kier alpha value is -3.35. The van der Waals surface area contributed by atoms with Gasteiger partial charge < -0.3 is 20.1 Å². The largest absolute Gasteiger partial charge is 0.480 e. The summed E-state index contributed by atoms with van der Waals surface area (Å²) in [7, 11) is 3.69. The summed E-state index contributed by atoms with van der Waals surface area (Å²) in [6, 6.07) is 13.3. The van der Waals surface area contributed by atoms with Crippen molar-refractivity contribution in [3.63, 3.8) is 0 Å². The minimum atomic E-state index is -1.22. The monoisotopic (exact) mass is 398 g/mol. The number of aryl methyl sites for hydroxylation is 1. The zero-order chi connectivity index (χ0) is 21.4. The van der Waals surface area contributed by atoms with E-state index in [1.54, 1.807) is 18.2 Å². The predicted octanol–water partition coefficient (Wildman–Crippen LogP) is 3.40. The van der Waals surface area contributed by atoms with Gasteiger partial charge in [-0.05, 0) is 36.6 Å². The standard InChI is InChI=1S/C22H26N2O5/c1-15-9-10-17(19(13-15)24(2)3)20(25)12-11-18(21(26)27)23-22(28)29-14-16-7-5-4-6-8-16/h4-10,13,18H,11-12,14H2,1-3H3,(H,23,28)(H,26,27). The summed E-state index contributed by atoms with van der Waals surface area (Å²) in [5, 5.41) is 11.7. The fraction of sp³-hybridized carbons (Fsp3) is 0.318. The molecular weight excluding hydrogens is 372 g/mol. The zero-order valence-corrected chi connectivity index (χ0v) is 16.8. The maximum Gasteiger partial charge on any atom is 0.408 e. The number of hydrogen-bond acceptors (Lipinski definition) is 5. The van der Waals surface area contributed by atoms with E-state index in [4.69, 9.17) is 4.74 Å². The average molecular weight is 398 g/mol. The topological polar surface area (TPSA) is 95.9 Å². The number of nitrogens with one attached hydrogen (secondary N) is 1. The number of alkyl carbamates (subject to hydrolysis) is 1. The Labute approximate surface area is 170 Å². The maximum absolute atomic E-state index is 12.6. The Balaban J connectivity index is 1.94. The van der Waals surface area contributed by atoms with Crippen LogP contribution in [0.25, 0.3) is 0 Å². The van der Waals surface area contributed by atoms with Gasteiger partial charge in [0.25, 0.3) is 0 Å². The van der Waals surface area contributed by atoms with Crippen LogP contribution in [0.4, 0.5) is 10.5 Å². The number of ether oxygens (including phenoxy) is 1. The van der Waals surface area contributed by atoms with Crippen LogP contribution in [0, 0.1) is 6.92 Å². The Bertz CT molecular complexity index is 865. The molecule has 0 aliphatic carbocycles. The van der Waals surface area contributed by atoms with Crippen molar-refractivity contribution in [1.29, 1.82) is 0 Å². The second-order valence-corrected chi connectivity index (χ2v) is 6.97. The van der Waals surface area contributed by atoms with Gasteiger partial charge in [-0.1, -0.05) is 36.4 Å². The predicted molar refractivity (Wildman–Crippen MR) is 110 cm³/mol. The lowest BCUT2D eigenvalue weighted by Crippen LogP contribution is -2.41. The van der Waals surface area contributed by atoms with Crippen molar-refractivity contribution in [1.82, 2.24) is 5.32 Å². The smallest absolute Gasteiger partial charge is 0.408 e. The lowest BCUT2D eigenvalue weighted by molar-refractivity contribution is -0.139. The third-order valence-electron chi connectivity index (χ3n) is 4.40. The summed E-state index contributed by atoms with van der Waals surface area (Å²) in [6.45, 7) is 1.97. The summed E-state index contributed by atoms with van der Waals surface area (Å²) in [5.41, 5.74) is 3.12. The molecule has 1 unspecified atom stereocenters. The maximum atomic E-state index is 12.6. The second-order valence-electron chi connectivity index (χ2n) is 6.97. The highest BCUT2D eigenvalue weighted by atomic mass is 16.5. The number of carboxylic acids is 1. The molecule has 2 aromatic rings. The lowest BCUT2D eigenvalue weighted by Gasteiger charge is -2.18. The molecule has 0 radical (unpaired) electrons. The molecule has 2 aromatic carbocycles. The molecule has 1 atom stereocenters. The van der Waals surface area contributed by atoms with Gasteiger partial charge in [0, 0.05) is 31.8 Å². The number of benzene rings is 2. The first kappa shape index (κ1) is 21.9. The van der Waals surface area contributed by atoms with Gasteiger partial charge in [0.1, 0.15) is 12.6 Å². The molecule has 0 bridgehead atoms. The molecular formula is C22H26N2O5. The lowest BCUT2D eigenvalue weighted by atomic mass is 10.00. The van der Waals surface area contributed by atoms with Gasteiger partial charge in [0.15, 0.2) is 5.78 Å². The van der Waals surface area contributed by atoms with Crippen molar-refractivity contribution in [2.45, 2.75) is 32.4 Å². The number of hydrogen-bond donors (Lipinski definition) is 2. The Morgan fingerprint density at radius 2 is 1.79 bits per heavy atom. The van der Waals surface area contributed by atoms with Crippen LogP contribution in [-0.4, -0.2) is 43.1 Å². The SMILES string of the molecule is Cc1ccc(C(=O)CCC(NC(=O)OCc2ccccc2)C(=O)O)c(N(C)C)c1. The van der Waals surface area contributed by atoms with E-state index in [1.165, 1.54) is 0 Å². The number of carboxylic acid groups (broad SMARTS) is 1. The first-order chi connectivity index (χ1) is 13.8. The van der Waals surface area contributed by atoms with Gasteiger partial charge in [0.2, 0.25) is 0 Å². The number of Topliss-reactive ketones (excluding diaryl/α,β-unsaturated/α-hetero) is 1. The van der Waals surface area contributed by atoms with E-state index in [2.05, 4.69) is 5.32 Å². The first-order valence-electron chi connectivity index (χ1n) is 9.29. The highest BCUT2D eigenvalue weighted by Crippen LogP contribution is 2.22. The fourth-order valence-corrected chi connectivity index (χ4v) is 2.82. The van der Waals surface area contributed by atoms with Gasteiger partial charge >= 0.3 is 12.1 Å². The number of carbonyl (C=O) groups excluding carboxylic acids is 2. The van der Waals surface area contributed by atoms with E-state index in [0.717, 1.165) is 16.8 Å². The number of amides is 1. The number of anilines is 1. The van der Waals surface area contributed by atoms with Crippen molar-refractivity contribution < 1.29 is 24.2 Å². The molecule has 0 aliphatic heterocycles. The molecule has 2 N–H and O–H groups in total. The number of aliphatic carboxylic acids is 1. The first-order valence-corrected chi connectivity index (χ1v) is 9.29. The molecule has 2 rings (SSSR count). The van der Waals surface area contributed by atoms with Crippen LogP contribution >= 0.6 is 0 Å². The molecule has 29 heavy (non-hydrogen) atoms. The molecule has 0 fully saturated rings. The second kappa shape index (κ2) is 10.3. The van der Waals surface area contributed by atoms with Gasteiger partial charge in [0.05, 0.1) is 0 Å². The minimum absolute atomic E-state index is 0.0141. The number of ketones is 1. The summed E-state index contributed by atoms with van der Waals surface area (Å²) < 4.78 is 5.06. The van der Waals surface area contributed by atoms with Gasteiger partial charge in [-0.3, -0.25) is 4.79 Å². The quantitative estimate of drug-likeness (QED) is 0.629. The molecule has 0 saturated carbocycles. The van der Waals surface area contributed by atoms with E-state index in [9.17, 15) is 19.5 Å². The Morgan fingerprint density at radius 3 is 2.41 bits per heavy atom. The van der Waals surface area contributed by atoms with Gasteiger partial charge in [-0.2, -0.15) is 0 Å². The van der Waals surface area contributed by atoms with Gasteiger partial charge in [-0.15, -0.1) is 0 Å². The normalized spacial score (nSPS) is 11.4.